The van der Waals surface area contributed by atoms with Crippen molar-refractivity contribution in [2.45, 2.75) is 17.7 Å². The Morgan fingerprint density at radius 1 is 1.50 bits per heavy atom. The van der Waals surface area contributed by atoms with Gasteiger partial charge in [-0.05, 0) is 50.2 Å². The van der Waals surface area contributed by atoms with E-state index in [9.17, 15) is 4.79 Å². The van der Waals surface area contributed by atoms with Crippen LogP contribution in [0.2, 0.25) is 0 Å². The number of anilines is 1. The minimum atomic E-state index is 0.0594. The Balaban J connectivity index is 1.89. The number of hydrogen-bond acceptors (Lipinski definition) is 4. The molecule has 20 heavy (non-hydrogen) atoms. The molecule has 0 aromatic heterocycles. The lowest BCUT2D eigenvalue weighted by atomic mass is 9.98. The third kappa shape index (κ3) is 4.23. The number of para-hydroxylation sites is 1. The second-order valence-electron chi connectivity index (χ2n) is 5.23. The molecule has 0 aliphatic carbocycles. The number of piperidine rings is 1. The molecule has 0 spiro atoms. The highest BCUT2D eigenvalue weighted by Gasteiger charge is 2.20. The van der Waals surface area contributed by atoms with Crippen molar-refractivity contribution >= 4 is 23.4 Å². The lowest BCUT2D eigenvalue weighted by molar-refractivity contribution is -0.117. The fourth-order valence-corrected chi connectivity index (χ4v) is 3.18. The maximum Gasteiger partial charge on any atom is 0.238 e. The van der Waals surface area contributed by atoms with E-state index in [2.05, 4.69) is 10.2 Å². The number of nitrogens with one attached hydrogen (secondary N) is 1. The average molecular weight is 293 g/mol. The fourth-order valence-electron chi connectivity index (χ4n) is 2.63. The van der Waals surface area contributed by atoms with Crippen LogP contribution in [0.15, 0.2) is 29.2 Å². The van der Waals surface area contributed by atoms with Crippen molar-refractivity contribution in [1.82, 2.24) is 4.90 Å². The summed E-state index contributed by atoms with van der Waals surface area (Å²) >= 11 is 1.64. The molecule has 5 heteroatoms. The molecule has 1 fully saturated rings. The van der Waals surface area contributed by atoms with Crippen LogP contribution < -0.4 is 11.1 Å². The van der Waals surface area contributed by atoms with Crippen molar-refractivity contribution in [3.8, 4) is 0 Å². The van der Waals surface area contributed by atoms with Gasteiger partial charge >= 0.3 is 0 Å². The van der Waals surface area contributed by atoms with Crippen LogP contribution in [-0.2, 0) is 4.79 Å². The molecule has 1 aliphatic heterocycles. The zero-order valence-electron chi connectivity index (χ0n) is 12.0. The van der Waals surface area contributed by atoms with Crippen molar-refractivity contribution < 1.29 is 4.79 Å². The van der Waals surface area contributed by atoms with E-state index in [0.717, 1.165) is 30.1 Å². The second kappa shape index (κ2) is 7.67. The van der Waals surface area contributed by atoms with E-state index in [1.807, 2.05) is 30.5 Å². The zero-order chi connectivity index (χ0) is 14.4. The number of carbonyl (C=O) groups is 1. The SMILES string of the molecule is CSc1ccccc1NC(=O)CN1CCCC(CN)C1. The van der Waals surface area contributed by atoms with Gasteiger partial charge in [0.2, 0.25) is 5.91 Å². The van der Waals surface area contributed by atoms with Gasteiger partial charge in [-0.15, -0.1) is 11.8 Å². The molecule has 1 aliphatic rings. The number of nitrogens with two attached hydrogens (primary N) is 1. The maximum atomic E-state index is 12.2. The summed E-state index contributed by atoms with van der Waals surface area (Å²) in [6, 6.07) is 7.90. The second-order valence-corrected chi connectivity index (χ2v) is 6.08. The minimum Gasteiger partial charge on any atom is -0.330 e. The van der Waals surface area contributed by atoms with Gasteiger partial charge < -0.3 is 11.1 Å². The number of thioether (sulfide) groups is 1. The van der Waals surface area contributed by atoms with Gasteiger partial charge in [-0.3, -0.25) is 9.69 Å². The number of amides is 1. The Bertz CT molecular complexity index is 452. The van der Waals surface area contributed by atoms with Crippen LogP contribution >= 0.6 is 11.8 Å². The highest BCUT2D eigenvalue weighted by Crippen LogP contribution is 2.24. The van der Waals surface area contributed by atoms with E-state index >= 15 is 0 Å². The molecule has 1 atom stereocenters. The van der Waals surface area contributed by atoms with Gasteiger partial charge in [-0.1, -0.05) is 12.1 Å². The Morgan fingerprint density at radius 3 is 3.05 bits per heavy atom. The Morgan fingerprint density at radius 2 is 2.30 bits per heavy atom. The van der Waals surface area contributed by atoms with Crippen LogP contribution in [0.25, 0.3) is 0 Å². The van der Waals surface area contributed by atoms with Gasteiger partial charge in [0.15, 0.2) is 0 Å². The van der Waals surface area contributed by atoms with Crippen molar-refractivity contribution in [3.63, 3.8) is 0 Å². The van der Waals surface area contributed by atoms with Crippen LogP contribution in [0.5, 0.6) is 0 Å². The number of rotatable bonds is 5. The molecule has 0 bridgehead atoms. The predicted octanol–water partition coefficient (Wildman–Crippen LogP) is 2.02. The van der Waals surface area contributed by atoms with Gasteiger partial charge in [0, 0.05) is 11.4 Å². The number of likely N-dealkylation sites (tertiary alicyclic amines) is 1. The molecule has 0 saturated carbocycles. The Kier molecular flexibility index (Phi) is 5.88. The van der Waals surface area contributed by atoms with E-state index in [1.165, 1.54) is 6.42 Å². The van der Waals surface area contributed by atoms with Crippen LogP contribution in [0.4, 0.5) is 5.69 Å². The van der Waals surface area contributed by atoms with E-state index in [0.29, 0.717) is 19.0 Å². The molecule has 1 amide bonds. The summed E-state index contributed by atoms with van der Waals surface area (Å²) in [4.78, 5) is 15.5. The molecule has 0 radical (unpaired) electrons. The maximum absolute atomic E-state index is 12.2. The normalized spacial score (nSPS) is 19.8. The predicted molar refractivity (Wildman–Crippen MR) is 85.1 cm³/mol. The first-order chi connectivity index (χ1) is 9.72. The highest BCUT2D eigenvalue weighted by molar-refractivity contribution is 7.98. The van der Waals surface area contributed by atoms with Crippen molar-refractivity contribution in [2.24, 2.45) is 11.7 Å². The molecule has 1 aromatic rings. The van der Waals surface area contributed by atoms with Crippen LogP contribution in [0, 0.1) is 5.92 Å². The van der Waals surface area contributed by atoms with Crippen LogP contribution in [0.1, 0.15) is 12.8 Å². The van der Waals surface area contributed by atoms with Crippen LogP contribution in [-0.4, -0.2) is 43.2 Å². The summed E-state index contributed by atoms with van der Waals surface area (Å²) in [5.41, 5.74) is 6.63. The molecule has 1 unspecified atom stereocenters. The smallest absolute Gasteiger partial charge is 0.238 e. The van der Waals surface area contributed by atoms with Crippen LogP contribution in [0.3, 0.4) is 0 Å². The molecule has 1 saturated heterocycles. The lowest BCUT2D eigenvalue weighted by Gasteiger charge is -2.31. The summed E-state index contributed by atoms with van der Waals surface area (Å²) in [6.07, 6.45) is 4.34. The quantitative estimate of drug-likeness (QED) is 0.816. The summed E-state index contributed by atoms with van der Waals surface area (Å²) in [7, 11) is 0. The number of benzene rings is 1. The molecule has 1 heterocycles. The van der Waals surface area contributed by atoms with Gasteiger partial charge in [0.1, 0.15) is 0 Å². The topological polar surface area (TPSA) is 58.4 Å². The van der Waals surface area contributed by atoms with E-state index in [1.54, 1.807) is 11.8 Å². The fraction of sp³-hybridized carbons (Fsp3) is 0.533. The molecule has 3 N–H and O–H groups in total. The van der Waals surface area contributed by atoms with Gasteiger partial charge in [-0.2, -0.15) is 0 Å². The molecular formula is C15H23N3OS. The first-order valence-corrected chi connectivity index (χ1v) is 8.30. The summed E-state index contributed by atoms with van der Waals surface area (Å²) in [6.45, 7) is 3.11. The summed E-state index contributed by atoms with van der Waals surface area (Å²) < 4.78 is 0. The van der Waals surface area contributed by atoms with Crippen molar-refractivity contribution in [1.29, 1.82) is 0 Å². The first kappa shape index (κ1) is 15.4. The number of hydrogen-bond donors (Lipinski definition) is 2. The third-order valence-corrected chi connectivity index (χ3v) is 4.48. The van der Waals surface area contributed by atoms with Gasteiger partial charge in [0.25, 0.3) is 0 Å². The van der Waals surface area contributed by atoms with E-state index < -0.39 is 0 Å². The summed E-state index contributed by atoms with van der Waals surface area (Å²) in [5, 5.41) is 3.01. The van der Waals surface area contributed by atoms with Gasteiger partial charge in [0.05, 0.1) is 12.2 Å². The third-order valence-electron chi connectivity index (χ3n) is 3.68. The molecule has 4 nitrogen and oxygen atoms in total. The summed E-state index contributed by atoms with van der Waals surface area (Å²) in [5.74, 6) is 0.596. The van der Waals surface area contributed by atoms with Gasteiger partial charge in [-0.25, -0.2) is 0 Å². The van der Waals surface area contributed by atoms with E-state index in [-0.39, 0.29) is 5.91 Å². The monoisotopic (exact) mass is 293 g/mol. The van der Waals surface area contributed by atoms with Crippen molar-refractivity contribution in [2.75, 3.05) is 37.8 Å². The minimum absolute atomic E-state index is 0.0594. The largest absolute Gasteiger partial charge is 0.330 e. The van der Waals surface area contributed by atoms with E-state index in [4.69, 9.17) is 5.73 Å². The molecule has 1 aromatic carbocycles. The zero-order valence-corrected chi connectivity index (χ0v) is 12.8. The number of carbonyl (C=O) groups excluding carboxylic acids is 1. The first-order valence-electron chi connectivity index (χ1n) is 7.08. The highest BCUT2D eigenvalue weighted by atomic mass is 32.2. The molecule has 2 rings (SSSR count). The Labute approximate surface area is 125 Å². The average Bonchev–Trinajstić information content (AvgIpc) is 2.48. The van der Waals surface area contributed by atoms with Crippen molar-refractivity contribution in [3.05, 3.63) is 24.3 Å². The standard InChI is InChI=1S/C15H23N3OS/c1-20-14-7-3-2-6-13(14)17-15(19)11-18-8-4-5-12(9-16)10-18/h2-3,6-7,12H,4-5,8-11,16H2,1H3,(H,17,19). The molecular weight excluding hydrogens is 270 g/mol. The number of nitrogens with zero attached hydrogens (tertiary/aromatic N) is 1. The molecule has 110 valence electrons. The Hall–Kier alpha value is -1.04. The lowest BCUT2D eigenvalue weighted by Crippen LogP contribution is -2.42.